The van der Waals surface area contributed by atoms with Gasteiger partial charge in [-0.15, -0.1) is 0 Å². The fraction of sp³-hybridized carbons (Fsp3) is 1.00. The van der Waals surface area contributed by atoms with Crippen LogP contribution < -0.4 is 5.32 Å². The Balaban J connectivity index is 3.74. The second kappa shape index (κ2) is 8.12. The molecule has 0 saturated heterocycles. The highest BCUT2D eigenvalue weighted by Gasteiger charge is 2.21. The van der Waals surface area contributed by atoms with Crippen LogP contribution in [-0.2, 0) is 4.74 Å². The normalized spacial score (nSPS) is 15.6. The first-order valence-electron chi connectivity index (χ1n) is 6.32. The Morgan fingerprint density at radius 3 is 2.40 bits per heavy atom. The molecular weight excluding hydrogens is 186 g/mol. The van der Waals surface area contributed by atoms with E-state index >= 15 is 0 Å². The zero-order chi connectivity index (χ0) is 11.7. The van der Waals surface area contributed by atoms with Gasteiger partial charge in [0.2, 0.25) is 0 Å². The smallest absolute Gasteiger partial charge is 0.0471 e. The minimum atomic E-state index is 0.393. The van der Waals surface area contributed by atoms with Crippen molar-refractivity contribution in [2.75, 3.05) is 26.3 Å². The fourth-order valence-corrected chi connectivity index (χ4v) is 1.52. The molecule has 0 aliphatic rings. The van der Waals surface area contributed by atoms with Crippen LogP contribution in [0, 0.1) is 11.3 Å². The Labute approximate surface area is 95.8 Å². The molecule has 0 radical (unpaired) electrons. The Hall–Kier alpha value is -0.0800. The molecule has 0 heterocycles. The van der Waals surface area contributed by atoms with Crippen LogP contribution in [0.5, 0.6) is 0 Å². The van der Waals surface area contributed by atoms with Crippen molar-refractivity contribution in [3.8, 4) is 0 Å². The summed E-state index contributed by atoms with van der Waals surface area (Å²) in [4.78, 5) is 0. The third kappa shape index (κ3) is 7.80. The van der Waals surface area contributed by atoms with Gasteiger partial charge < -0.3 is 10.1 Å². The lowest BCUT2D eigenvalue weighted by Gasteiger charge is -2.29. The fourth-order valence-electron chi connectivity index (χ4n) is 1.52. The molecule has 0 bridgehead atoms. The van der Waals surface area contributed by atoms with Gasteiger partial charge in [-0.05, 0) is 37.6 Å². The summed E-state index contributed by atoms with van der Waals surface area (Å²) < 4.78 is 5.43. The summed E-state index contributed by atoms with van der Waals surface area (Å²) in [5.41, 5.74) is 0.393. The van der Waals surface area contributed by atoms with Crippen LogP contribution in [0.15, 0.2) is 0 Å². The SMILES string of the molecule is CCOCCC(C)(CC)CNCC(C)C. The third-order valence-corrected chi connectivity index (χ3v) is 3.01. The van der Waals surface area contributed by atoms with Gasteiger partial charge in [0.15, 0.2) is 0 Å². The van der Waals surface area contributed by atoms with Crippen molar-refractivity contribution in [3.05, 3.63) is 0 Å². The van der Waals surface area contributed by atoms with Crippen molar-refractivity contribution in [2.24, 2.45) is 11.3 Å². The zero-order valence-corrected chi connectivity index (χ0v) is 11.2. The second-order valence-corrected chi connectivity index (χ2v) is 5.14. The summed E-state index contributed by atoms with van der Waals surface area (Å²) in [5.74, 6) is 0.734. The number of ether oxygens (including phenoxy) is 1. The topological polar surface area (TPSA) is 21.3 Å². The average molecular weight is 215 g/mol. The van der Waals surface area contributed by atoms with Crippen molar-refractivity contribution in [1.29, 1.82) is 0 Å². The minimum Gasteiger partial charge on any atom is -0.382 e. The van der Waals surface area contributed by atoms with E-state index in [0.29, 0.717) is 5.41 Å². The molecule has 0 spiro atoms. The number of rotatable bonds is 9. The molecule has 1 N–H and O–H groups in total. The maximum absolute atomic E-state index is 5.43. The van der Waals surface area contributed by atoms with Gasteiger partial charge in [-0.3, -0.25) is 0 Å². The summed E-state index contributed by atoms with van der Waals surface area (Å²) >= 11 is 0. The zero-order valence-electron chi connectivity index (χ0n) is 11.2. The summed E-state index contributed by atoms with van der Waals surface area (Å²) in [6, 6.07) is 0. The van der Waals surface area contributed by atoms with Gasteiger partial charge in [0, 0.05) is 19.8 Å². The standard InChI is InChI=1S/C13H29NO/c1-6-13(5,8-9-15-7-2)11-14-10-12(3)4/h12,14H,6-11H2,1-5H3. The highest BCUT2D eigenvalue weighted by Crippen LogP contribution is 2.24. The molecule has 0 rings (SSSR count). The molecule has 2 heteroatoms. The molecule has 0 saturated carbocycles. The molecular formula is C13H29NO. The molecule has 1 unspecified atom stereocenters. The lowest BCUT2D eigenvalue weighted by Crippen LogP contribution is -2.34. The molecule has 0 aromatic carbocycles. The van der Waals surface area contributed by atoms with Crippen LogP contribution >= 0.6 is 0 Å². The van der Waals surface area contributed by atoms with E-state index in [1.54, 1.807) is 0 Å². The lowest BCUT2D eigenvalue weighted by molar-refractivity contribution is 0.105. The van der Waals surface area contributed by atoms with E-state index < -0.39 is 0 Å². The van der Waals surface area contributed by atoms with E-state index in [1.165, 1.54) is 6.42 Å². The molecule has 15 heavy (non-hydrogen) atoms. The third-order valence-electron chi connectivity index (χ3n) is 3.01. The van der Waals surface area contributed by atoms with Crippen molar-refractivity contribution >= 4 is 0 Å². The maximum Gasteiger partial charge on any atom is 0.0471 e. The molecule has 0 fully saturated rings. The van der Waals surface area contributed by atoms with Gasteiger partial charge in [0.25, 0.3) is 0 Å². The summed E-state index contributed by atoms with van der Waals surface area (Å²) in [7, 11) is 0. The van der Waals surface area contributed by atoms with Crippen molar-refractivity contribution in [3.63, 3.8) is 0 Å². The number of hydrogen-bond donors (Lipinski definition) is 1. The maximum atomic E-state index is 5.43. The van der Waals surface area contributed by atoms with Crippen molar-refractivity contribution in [1.82, 2.24) is 5.32 Å². The van der Waals surface area contributed by atoms with Gasteiger partial charge in [0.05, 0.1) is 0 Å². The van der Waals surface area contributed by atoms with Crippen LogP contribution in [0.25, 0.3) is 0 Å². The highest BCUT2D eigenvalue weighted by atomic mass is 16.5. The molecule has 0 aromatic heterocycles. The Bertz CT molecular complexity index is 147. The van der Waals surface area contributed by atoms with E-state index in [0.717, 1.165) is 38.6 Å². The van der Waals surface area contributed by atoms with E-state index in [4.69, 9.17) is 4.74 Å². The molecule has 0 amide bonds. The lowest BCUT2D eigenvalue weighted by atomic mass is 9.84. The van der Waals surface area contributed by atoms with Gasteiger partial charge in [0.1, 0.15) is 0 Å². The highest BCUT2D eigenvalue weighted by molar-refractivity contribution is 4.75. The second-order valence-electron chi connectivity index (χ2n) is 5.14. The molecule has 0 aliphatic carbocycles. The largest absolute Gasteiger partial charge is 0.382 e. The van der Waals surface area contributed by atoms with Gasteiger partial charge in [-0.2, -0.15) is 0 Å². The molecule has 92 valence electrons. The quantitative estimate of drug-likeness (QED) is 0.597. The van der Waals surface area contributed by atoms with E-state index in [9.17, 15) is 0 Å². The summed E-state index contributed by atoms with van der Waals surface area (Å²) in [6.45, 7) is 15.1. The van der Waals surface area contributed by atoms with E-state index in [2.05, 4.69) is 39.9 Å². The Morgan fingerprint density at radius 1 is 1.27 bits per heavy atom. The van der Waals surface area contributed by atoms with E-state index in [1.807, 2.05) is 0 Å². The predicted molar refractivity (Wildman–Crippen MR) is 67.2 cm³/mol. The predicted octanol–water partition coefficient (Wildman–Crippen LogP) is 3.07. The minimum absolute atomic E-state index is 0.393. The molecule has 0 aromatic rings. The molecule has 1 atom stereocenters. The average Bonchev–Trinajstić information content (AvgIpc) is 2.18. The van der Waals surface area contributed by atoms with Crippen LogP contribution in [-0.4, -0.2) is 26.3 Å². The molecule has 0 aliphatic heterocycles. The Morgan fingerprint density at radius 2 is 1.93 bits per heavy atom. The first-order valence-corrected chi connectivity index (χ1v) is 6.32. The molecule has 2 nitrogen and oxygen atoms in total. The van der Waals surface area contributed by atoms with Crippen LogP contribution in [0.4, 0.5) is 0 Å². The monoisotopic (exact) mass is 215 g/mol. The first kappa shape index (κ1) is 14.9. The summed E-state index contributed by atoms with van der Waals surface area (Å²) in [5, 5.41) is 3.55. The first-order chi connectivity index (χ1) is 7.04. The number of hydrogen-bond acceptors (Lipinski definition) is 2. The van der Waals surface area contributed by atoms with Gasteiger partial charge in [-0.1, -0.05) is 27.7 Å². The summed E-state index contributed by atoms with van der Waals surface area (Å²) in [6.07, 6.45) is 2.37. The Kier molecular flexibility index (Phi) is 8.07. The van der Waals surface area contributed by atoms with Crippen LogP contribution in [0.3, 0.4) is 0 Å². The van der Waals surface area contributed by atoms with Crippen molar-refractivity contribution in [2.45, 2.75) is 47.5 Å². The van der Waals surface area contributed by atoms with Gasteiger partial charge in [-0.25, -0.2) is 0 Å². The van der Waals surface area contributed by atoms with Crippen molar-refractivity contribution < 1.29 is 4.74 Å². The van der Waals surface area contributed by atoms with E-state index in [-0.39, 0.29) is 0 Å². The van der Waals surface area contributed by atoms with Crippen LogP contribution in [0.2, 0.25) is 0 Å². The van der Waals surface area contributed by atoms with Crippen LogP contribution in [0.1, 0.15) is 47.5 Å². The number of nitrogens with one attached hydrogen (secondary N) is 1. The van der Waals surface area contributed by atoms with Gasteiger partial charge >= 0.3 is 0 Å².